The molecule has 0 aliphatic rings. The lowest BCUT2D eigenvalue weighted by Crippen LogP contribution is -1.40. The van der Waals surface area contributed by atoms with E-state index in [2.05, 4.69) is 42.7 Å². The molecule has 0 spiro atoms. The van der Waals surface area contributed by atoms with Crippen LogP contribution in [0.3, 0.4) is 0 Å². The highest BCUT2D eigenvalue weighted by atomic mass is 13.6. The summed E-state index contributed by atoms with van der Waals surface area (Å²) in [6, 6.07) is 0. The molecule has 0 saturated heterocycles. The Morgan fingerprint density at radius 3 is 2.15 bits per heavy atom. The summed E-state index contributed by atoms with van der Waals surface area (Å²) in [5.41, 5.74) is 10.2. The Labute approximate surface area is 80.6 Å². The maximum Gasteiger partial charge on any atom is -0.0102 e. The van der Waals surface area contributed by atoms with E-state index in [4.69, 9.17) is 0 Å². The molecule has 0 aliphatic carbocycles. The Morgan fingerprint density at radius 2 is 1.69 bits per heavy atom. The van der Waals surface area contributed by atoms with Gasteiger partial charge in [-0.1, -0.05) is 42.3 Å². The smallest absolute Gasteiger partial charge is 0.0102 e. The minimum absolute atomic E-state index is 1.69. The number of allylic oxidation sites excluding steroid dienone is 5. The van der Waals surface area contributed by atoms with Crippen LogP contribution in [-0.2, 0) is 0 Å². The molecule has 0 radical (unpaired) electrons. The fourth-order valence-electron chi connectivity index (χ4n) is 0.304. The molecule has 0 aromatic carbocycles. The molecular formula is C13H14. The van der Waals surface area contributed by atoms with Crippen molar-refractivity contribution in [2.24, 2.45) is 0 Å². The zero-order valence-corrected chi connectivity index (χ0v) is 8.01. The van der Waals surface area contributed by atoms with Gasteiger partial charge < -0.3 is 0 Å². The van der Waals surface area contributed by atoms with Crippen LogP contribution >= 0.6 is 0 Å². The third kappa shape index (κ3) is 25.5. The Morgan fingerprint density at radius 1 is 1.08 bits per heavy atom. The summed E-state index contributed by atoms with van der Waals surface area (Å²) in [6.45, 7) is 12.1. The van der Waals surface area contributed by atoms with Crippen molar-refractivity contribution in [2.75, 3.05) is 0 Å². The van der Waals surface area contributed by atoms with E-state index < -0.39 is 0 Å². The lowest BCUT2D eigenvalue weighted by molar-refractivity contribution is 1.80. The third-order valence-electron chi connectivity index (χ3n) is 0.650. The van der Waals surface area contributed by atoms with Gasteiger partial charge in [-0.3, -0.25) is 0 Å². The van der Waals surface area contributed by atoms with Crippen molar-refractivity contribution in [1.29, 1.82) is 0 Å². The van der Waals surface area contributed by atoms with Crippen LogP contribution in [-0.4, -0.2) is 0 Å². The second-order valence-corrected chi connectivity index (χ2v) is 1.77. The highest BCUT2D eigenvalue weighted by Gasteiger charge is 1.52. The average Bonchev–Trinajstić information content (AvgIpc) is 2.13. The van der Waals surface area contributed by atoms with Gasteiger partial charge in [0, 0.05) is 0 Å². The molecule has 0 amide bonds. The Bertz CT molecular complexity index is 304. The molecule has 13 heavy (non-hydrogen) atoms. The highest BCUT2D eigenvalue weighted by molar-refractivity contribution is 5.08. The molecule has 0 unspecified atom stereocenters. The van der Waals surface area contributed by atoms with E-state index in [0.717, 1.165) is 0 Å². The zero-order valence-electron chi connectivity index (χ0n) is 8.01. The first kappa shape index (κ1) is 13.7. The molecule has 0 aromatic heterocycles. The summed E-state index contributed by atoms with van der Waals surface area (Å²) in [7, 11) is 0. The molecule has 0 heterocycles. The van der Waals surface area contributed by atoms with Crippen molar-refractivity contribution in [3.8, 4) is 0 Å². The van der Waals surface area contributed by atoms with Crippen molar-refractivity contribution in [1.82, 2.24) is 0 Å². The molecule has 0 N–H and O–H groups in total. The molecule has 66 valence electrons. The predicted molar refractivity (Wildman–Crippen MR) is 59.5 cm³/mol. The summed E-state index contributed by atoms with van der Waals surface area (Å²) in [6.07, 6.45) is 8.73. The monoisotopic (exact) mass is 170 g/mol. The maximum absolute atomic E-state index is 3.50. The first-order valence-electron chi connectivity index (χ1n) is 3.79. The molecule has 0 heteroatoms. The summed E-state index contributed by atoms with van der Waals surface area (Å²) in [5.74, 6) is 0. The quantitative estimate of drug-likeness (QED) is 0.336. The number of hydrogen-bond donors (Lipinski definition) is 0. The van der Waals surface area contributed by atoms with Gasteiger partial charge in [-0.2, -0.15) is 0 Å². The van der Waals surface area contributed by atoms with E-state index in [1.807, 2.05) is 6.92 Å². The van der Waals surface area contributed by atoms with Gasteiger partial charge in [-0.05, 0) is 31.0 Å². The Balaban J connectivity index is 0. The molecule has 0 rings (SSSR count). The molecule has 0 saturated carbocycles. The van der Waals surface area contributed by atoms with Crippen LogP contribution < -0.4 is 0 Å². The molecule has 0 nitrogen and oxygen atoms in total. The normalized spacial score (nSPS) is 6.23. The van der Waals surface area contributed by atoms with Crippen LogP contribution in [0.1, 0.15) is 6.92 Å². The van der Waals surface area contributed by atoms with Crippen molar-refractivity contribution >= 4 is 0 Å². The second kappa shape index (κ2) is 16.6. The Hall–Kier alpha value is -1.92. The van der Waals surface area contributed by atoms with E-state index in [1.54, 1.807) is 30.4 Å². The van der Waals surface area contributed by atoms with E-state index in [1.165, 1.54) is 0 Å². The minimum Gasteiger partial charge on any atom is -0.103 e. The summed E-state index contributed by atoms with van der Waals surface area (Å²) in [4.78, 5) is 0. The van der Waals surface area contributed by atoms with E-state index in [0.29, 0.717) is 0 Å². The van der Waals surface area contributed by atoms with Gasteiger partial charge in [0.2, 0.25) is 0 Å². The van der Waals surface area contributed by atoms with E-state index in [9.17, 15) is 0 Å². The Kier molecular flexibility index (Phi) is 17.4. The van der Waals surface area contributed by atoms with Crippen LogP contribution in [0.5, 0.6) is 0 Å². The maximum atomic E-state index is 3.50. The fourth-order valence-corrected chi connectivity index (χ4v) is 0.304. The summed E-state index contributed by atoms with van der Waals surface area (Å²) < 4.78 is 0. The van der Waals surface area contributed by atoms with Gasteiger partial charge in [-0.15, -0.1) is 6.58 Å². The van der Waals surface area contributed by atoms with Crippen LogP contribution in [0.15, 0.2) is 73.0 Å². The molecular weight excluding hydrogens is 156 g/mol. The van der Waals surface area contributed by atoms with Crippen molar-refractivity contribution in [3.63, 3.8) is 0 Å². The molecule has 0 fully saturated rings. The van der Waals surface area contributed by atoms with Crippen LogP contribution in [0, 0.1) is 0 Å². The highest BCUT2D eigenvalue weighted by Crippen LogP contribution is 1.72. The van der Waals surface area contributed by atoms with Gasteiger partial charge in [-0.25, -0.2) is 0 Å². The lowest BCUT2D eigenvalue weighted by atomic mass is 10.5. The van der Waals surface area contributed by atoms with Crippen molar-refractivity contribution in [3.05, 3.63) is 73.0 Å². The van der Waals surface area contributed by atoms with Crippen LogP contribution in [0.25, 0.3) is 0 Å². The SMILES string of the molecule is C=C=C=C=C=CC=CC=C.C=CC. The number of rotatable bonds is 2. The number of hydrogen-bond acceptors (Lipinski definition) is 0. The van der Waals surface area contributed by atoms with Crippen molar-refractivity contribution < 1.29 is 0 Å². The first-order valence-corrected chi connectivity index (χ1v) is 3.79. The van der Waals surface area contributed by atoms with Crippen LogP contribution in [0.4, 0.5) is 0 Å². The summed E-state index contributed by atoms with van der Waals surface area (Å²) in [5, 5.41) is 0. The topological polar surface area (TPSA) is 0 Å². The first-order chi connectivity index (χ1) is 6.33. The van der Waals surface area contributed by atoms with Gasteiger partial charge in [0.05, 0.1) is 0 Å². The standard InChI is InChI=1S/C10H8.C3H6/c1-3-5-7-9-10-8-6-4-2;1-3-2/h3,5,7,9H,1-2H2;3H,1H2,2H3. The molecule has 0 aromatic rings. The molecule has 0 bridgehead atoms. The molecule has 0 aliphatic heterocycles. The molecule has 0 atom stereocenters. The van der Waals surface area contributed by atoms with E-state index >= 15 is 0 Å². The summed E-state index contributed by atoms with van der Waals surface area (Å²) >= 11 is 0. The van der Waals surface area contributed by atoms with Gasteiger partial charge >= 0.3 is 0 Å². The third-order valence-corrected chi connectivity index (χ3v) is 0.650. The largest absolute Gasteiger partial charge is 0.103 e. The van der Waals surface area contributed by atoms with Gasteiger partial charge in [0.1, 0.15) is 0 Å². The van der Waals surface area contributed by atoms with Gasteiger partial charge in [0.25, 0.3) is 0 Å². The average molecular weight is 170 g/mol. The second-order valence-electron chi connectivity index (χ2n) is 1.77. The van der Waals surface area contributed by atoms with Crippen LogP contribution in [0.2, 0.25) is 0 Å². The minimum atomic E-state index is 1.69. The predicted octanol–water partition coefficient (Wildman–Crippen LogP) is 3.73. The van der Waals surface area contributed by atoms with E-state index in [-0.39, 0.29) is 0 Å². The zero-order chi connectivity index (χ0) is 10.4. The van der Waals surface area contributed by atoms with Crippen molar-refractivity contribution in [2.45, 2.75) is 6.92 Å². The fraction of sp³-hybridized carbons (Fsp3) is 0.0769. The lowest BCUT2D eigenvalue weighted by Gasteiger charge is -1.61. The van der Waals surface area contributed by atoms with Gasteiger partial charge in [0.15, 0.2) is 0 Å².